The van der Waals surface area contributed by atoms with Crippen LogP contribution in [0.15, 0.2) is 27.3 Å². The molecule has 114 valence electrons. The highest BCUT2D eigenvalue weighted by atomic mass is 32.1. The molecule has 0 spiro atoms. The second kappa shape index (κ2) is 6.48. The first-order valence-electron chi connectivity index (χ1n) is 6.73. The van der Waals surface area contributed by atoms with Crippen molar-refractivity contribution >= 4 is 22.4 Å². The van der Waals surface area contributed by atoms with Gasteiger partial charge in [0.2, 0.25) is 22.8 Å². The van der Waals surface area contributed by atoms with Crippen LogP contribution in [-0.2, 0) is 17.6 Å². The maximum absolute atomic E-state index is 11.8. The number of nitrogens with one attached hydrogen (secondary N) is 1. The number of hydrogen-bond donors (Lipinski definition) is 1. The summed E-state index contributed by atoms with van der Waals surface area (Å²) in [7, 11) is 0. The van der Waals surface area contributed by atoms with E-state index < -0.39 is 0 Å². The van der Waals surface area contributed by atoms with Crippen LogP contribution in [0.4, 0.5) is 5.13 Å². The van der Waals surface area contributed by atoms with E-state index in [0.29, 0.717) is 29.0 Å². The maximum atomic E-state index is 11.8. The summed E-state index contributed by atoms with van der Waals surface area (Å²) in [6, 6.07) is 3.48. The Kier molecular flexibility index (Phi) is 4.24. The van der Waals surface area contributed by atoms with Crippen LogP contribution in [0.3, 0.4) is 0 Å². The molecule has 22 heavy (non-hydrogen) atoms. The molecule has 0 unspecified atom stereocenters. The van der Waals surface area contributed by atoms with Gasteiger partial charge in [-0.3, -0.25) is 4.79 Å². The van der Waals surface area contributed by atoms with Gasteiger partial charge in [-0.15, -0.1) is 10.2 Å². The molecule has 9 heteroatoms. The van der Waals surface area contributed by atoms with Crippen LogP contribution < -0.4 is 5.32 Å². The third kappa shape index (κ3) is 3.37. The van der Waals surface area contributed by atoms with Crippen molar-refractivity contribution in [2.24, 2.45) is 0 Å². The summed E-state index contributed by atoms with van der Waals surface area (Å²) in [5.41, 5.74) is 0. The Hall–Kier alpha value is -2.55. The van der Waals surface area contributed by atoms with Gasteiger partial charge in [-0.1, -0.05) is 23.4 Å². The molecule has 3 heterocycles. The molecule has 8 nitrogen and oxygen atoms in total. The summed E-state index contributed by atoms with van der Waals surface area (Å²) >= 11 is 1.37. The van der Waals surface area contributed by atoms with Crippen molar-refractivity contribution in [2.45, 2.75) is 26.2 Å². The van der Waals surface area contributed by atoms with E-state index in [-0.39, 0.29) is 12.3 Å². The summed E-state index contributed by atoms with van der Waals surface area (Å²) < 4.78 is 10.3. The Labute approximate surface area is 129 Å². The maximum Gasteiger partial charge on any atom is 0.238 e. The zero-order valence-electron chi connectivity index (χ0n) is 11.8. The van der Waals surface area contributed by atoms with Gasteiger partial charge in [0.15, 0.2) is 5.76 Å². The number of furan rings is 1. The lowest BCUT2D eigenvalue weighted by molar-refractivity contribution is -0.116. The minimum Gasteiger partial charge on any atom is -0.461 e. The molecule has 0 saturated carbocycles. The van der Waals surface area contributed by atoms with Gasteiger partial charge in [0.1, 0.15) is 5.01 Å². The van der Waals surface area contributed by atoms with Crippen molar-refractivity contribution in [3.05, 3.63) is 29.3 Å². The van der Waals surface area contributed by atoms with Crippen molar-refractivity contribution in [3.63, 3.8) is 0 Å². The third-order valence-corrected chi connectivity index (χ3v) is 3.77. The van der Waals surface area contributed by atoms with Gasteiger partial charge >= 0.3 is 0 Å². The molecule has 1 N–H and O–H groups in total. The van der Waals surface area contributed by atoms with Crippen molar-refractivity contribution in [2.75, 3.05) is 5.32 Å². The zero-order valence-corrected chi connectivity index (χ0v) is 12.6. The highest BCUT2D eigenvalue weighted by Crippen LogP contribution is 2.17. The predicted octanol–water partition coefficient (Wildman–Crippen LogP) is 2.31. The van der Waals surface area contributed by atoms with E-state index in [9.17, 15) is 4.79 Å². The summed E-state index contributed by atoms with van der Waals surface area (Å²) in [4.78, 5) is 16.0. The van der Waals surface area contributed by atoms with Crippen LogP contribution in [0.2, 0.25) is 0 Å². The Morgan fingerprint density at radius 2 is 2.32 bits per heavy atom. The number of carbonyl (C=O) groups excluding carboxylic acids is 1. The molecule has 3 aromatic heterocycles. The average Bonchev–Trinajstić information content (AvgIpc) is 3.25. The summed E-state index contributed by atoms with van der Waals surface area (Å²) in [6.45, 7) is 1.98. The molecular formula is C13H13N5O3S. The van der Waals surface area contributed by atoms with Gasteiger partial charge in [-0.05, 0) is 18.6 Å². The fourth-order valence-electron chi connectivity index (χ4n) is 1.71. The van der Waals surface area contributed by atoms with E-state index in [1.165, 1.54) is 17.6 Å². The van der Waals surface area contributed by atoms with Gasteiger partial charge < -0.3 is 14.3 Å². The lowest BCUT2D eigenvalue weighted by Gasteiger charge is -1.97. The summed E-state index contributed by atoms with van der Waals surface area (Å²) in [6.07, 6.45) is 2.90. The molecule has 0 aliphatic carbocycles. The van der Waals surface area contributed by atoms with E-state index in [1.807, 2.05) is 6.92 Å². The Morgan fingerprint density at radius 1 is 1.41 bits per heavy atom. The molecule has 0 atom stereocenters. The predicted molar refractivity (Wildman–Crippen MR) is 78.2 cm³/mol. The SMILES string of the molecule is CCc1nnc(NC(=O)CCc2nc(-c3ccco3)no2)s1. The van der Waals surface area contributed by atoms with Crippen LogP contribution in [-0.4, -0.2) is 26.2 Å². The van der Waals surface area contributed by atoms with E-state index in [0.717, 1.165) is 11.4 Å². The summed E-state index contributed by atoms with van der Waals surface area (Å²) in [5, 5.41) is 15.7. The van der Waals surface area contributed by atoms with Crippen LogP contribution in [0.25, 0.3) is 11.6 Å². The van der Waals surface area contributed by atoms with Gasteiger partial charge in [0.25, 0.3) is 0 Å². The molecule has 3 aromatic rings. The van der Waals surface area contributed by atoms with Gasteiger partial charge in [0.05, 0.1) is 6.26 Å². The van der Waals surface area contributed by atoms with Crippen molar-refractivity contribution in [3.8, 4) is 11.6 Å². The fraction of sp³-hybridized carbons (Fsp3) is 0.308. The normalized spacial score (nSPS) is 10.8. The van der Waals surface area contributed by atoms with E-state index in [2.05, 4.69) is 25.7 Å². The smallest absolute Gasteiger partial charge is 0.238 e. The Balaban J connectivity index is 1.52. The highest BCUT2D eigenvalue weighted by molar-refractivity contribution is 7.15. The van der Waals surface area contributed by atoms with Crippen molar-refractivity contribution < 1.29 is 13.7 Å². The molecule has 0 bridgehead atoms. The molecular weight excluding hydrogens is 306 g/mol. The fourth-order valence-corrected chi connectivity index (χ4v) is 2.41. The molecule has 0 aromatic carbocycles. The van der Waals surface area contributed by atoms with E-state index in [4.69, 9.17) is 8.94 Å². The van der Waals surface area contributed by atoms with E-state index >= 15 is 0 Å². The minimum absolute atomic E-state index is 0.170. The zero-order chi connectivity index (χ0) is 15.4. The first kappa shape index (κ1) is 14.4. The van der Waals surface area contributed by atoms with Crippen LogP contribution in [0.5, 0.6) is 0 Å². The van der Waals surface area contributed by atoms with Crippen molar-refractivity contribution in [1.29, 1.82) is 0 Å². The standard InChI is InChI=1S/C13H13N5O3S/c1-2-11-16-17-13(22-11)14-9(19)5-6-10-15-12(18-21-10)8-4-3-7-20-8/h3-4,7H,2,5-6H2,1H3,(H,14,17,19). The van der Waals surface area contributed by atoms with Crippen molar-refractivity contribution in [1.82, 2.24) is 20.3 Å². The first-order valence-corrected chi connectivity index (χ1v) is 7.55. The van der Waals surface area contributed by atoms with E-state index in [1.54, 1.807) is 12.1 Å². The number of nitrogens with zero attached hydrogens (tertiary/aromatic N) is 4. The first-order chi connectivity index (χ1) is 10.7. The second-order valence-electron chi connectivity index (χ2n) is 4.39. The molecule has 0 aliphatic rings. The minimum atomic E-state index is -0.170. The Bertz CT molecular complexity index is 749. The number of anilines is 1. The molecule has 1 amide bonds. The molecule has 0 aliphatic heterocycles. The largest absolute Gasteiger partial charge is 0.461 e. The quantitative estimate of drug-likeness (QED) is 0.742. The molecule has 0 fully saturated rings. The van der Waals surface area contributed by atoms with Gasteiger partial charge in [-0.25, -0.2) is 0 Å². The number of aryl methyl sites for hydroxylation is 2. The monoisotopic (exact) mass is 319 g/mol. The average molecular weight is 319 g/mol. The van der Waals surface area contributed by atoms with Crippen LogP contribution in [0.1, 0.15) is 24.2 Å². The van der Waals surface area contributed by atoms with Gasteiger partial charge in [0, 0.05) is 12.8 Å². The number of aromatic nitrogens is 4. The van der Waals surface area contributed by atoms with Gasteiger partial charge in [-0.2, -0.15) is 4.98 Å². The molecule has 0 radical (unpaired) electrons. The van der Waals surface area contributed by atoms with Crippen LogP contribution in [0, 0.1) is 0 Å². The lowest BCUT2D eigenvalue weighted by atomic mass is 10.3. The number of carbonyl (C=O) groups is 1. The third-order valence-electron chi connectivity index (χ3n) is 2.79. The number of amides is 1. The topological polar surface area (TPSA) is 107 Å². The second-order valence-corrected chi connectivity index (χ2v) is 5.45. The lowest BCUT2D eigenvalue weighted by Crippen LogP contribution is -2.12. The Morgan fingerprint density at radius 3 is 3.05 bits per heavy atom. The summed E-state index contributed by atoms with van der Waals surface area (Å²) in [5.74, 6) is 1.11. The number of hydrogen-bond acceptors (Lipinski definition) is 8. The molecule has 3 rings (SSSR count). The highest BCUT2D eigenvalue weighted by Gasteiger charge is 2.13. The van der Waals surface area contributed by atoms with Crippen LogP contribution >= 0.6 is 11.3 Å². The molecule has 0 saturated heterocycles. The number of rotatable bonds is 6.